The van der Waals surface area contributed by atoms with E-state index in [1.165, 1.54) is 0 Å². The topological polar surface area (TPSA) is 50.7 Å². The number of rotatable bonds is 7. The average molecular weight is 307 g/mol. The molecule has 0 fully saturated rings. The fraction of sp³-hybridized carbons (Fsp3) is 0.375. The van der Waals surface area contributed by atoms with Crippen molar-refractivity contribution in [3.8, 4) is 11.5 Å². The highest BCUT2D eigenvalue weighted by molar-refractivity contribution is 7.07. The standard InChI is InChI=1S/C16H21NO3S/c1-11(17-9-15(18)12-6-7-21-10-12)14-5-4-13(19-2)8-16(14)20-3/h4-8,10-11,15,17-18H,9H2,1-3H3. The molecule has 21 heavy (non-hydrogen) atoms. The van der Waals surface area contributed by atoms with E-state index in [0.717, 1.165) is 22.6 Å². The number of aliphatic hydroxyl groups excluding tert-OH is 1. The smallest absolute Gasteiger partial charge is 0.127 e. The molecule has 0 bridgehead atoms. The van der Waals surface area contributed by atoms with Gasteiger partial charge in [-0.05, 0) is 35.4 Å². The maximum atomic E-state index is 10.1. The van der Waals surface area contributed by atoms with E-state index in [2.05, 4.69) is 5.32 Å². The van der Waals surface area contributed by atoms with Gasteiger partial charge in [0.1, 0.15) is 11.5 Å². The van der Waals surface area contributed by atoms with Crippen molar-refractivity contribution in [3.05, 3.63) is 46.2 Å². The number of thiophene rings is 1. The summed E-state index contributed by atoms with van der Waals surface area (Å²) < 4.78 is 10.6. The van der Waals surface area contributed by atoms with Gasteiger partial charge in [-0.1, -0.05) is 6.07 Å². The fourth-order valence-electron chi connectivity index (χ4n) is 2.16. The third kappa shape index (κ3) is 3.97. The van der Waals surface area contributed by atoms with Gasteiger partial charge in [0.05, 0.1) is 20.3 Å². The number of hydrogen-bond acceptors (Lipinski definition) is 5. The largest absolute Gasteiger partial charge is 0.497 e. The zero-order valence-electron chi connectivity index (χ0n) is 12.5. The van der Waals surface area contributed by atoms with E-state index in [4.69, 9.17) is 9.47 Å². The highest BCUT2D eigenvalue weighted by Gasteiger charge is 2.14. The van der Waals surface area contributed by atoms with Crippen molar-refractivity contribution in [2.75, 3.05) is 20.8 Å². The van der Waals surface area contributed by atoms with Crippen molar-refractivity contribution in [1.29, 1.82) is 0 Å². The molecule has 0 saturated heterocycles. The van der Waals surface area contributed by atoms with Crippen LogP contribution < -0.4 is 14.8 Å². The van der Waals surface area contributed by atoms with Gasteiger partial charge in [-0.25, -0.2) is 0 Å². The number of ether oxygens (including phenoxy) is 2. The van der Waals surface area contributed by atoms with Crippen LogP contribution in [0.15, 0.2) is 35.0 Å². The second kappa shape index (κ2) is 7.45. The lowest BCUT2D eigenvalue weighted by atomic mass is 10.1. The first-order chi connectivity index (χ1) is 10.2. The zero-order valence-corrected chi connectivity index (χ0v) is 13.3. The Hall–Kier alpha value is -1.56. The molecule has 1 aromatic heterocycles. The van der Waals surface area contributed by atoms with Crippen LogP contribution in [0.5, 0.6) is 11.5 Å². The van der Waals surface area contributed by atoms with E-state index >= 15 is 0 Å². The molecule has 2 rings (SSSR count). The average Bonchev–Trinajstić information content (AvgIpc) is 3.06. The van der Waals surface area contributed by atoms with Gasteiger partial charge in [-0.15, -0.1) is 0 Å². The first-order valence-corrected chi connectivity index (χ1v) is 7.75. The molecule has 1 heterocycles. The van der Waals surface area contributed by atoms with Gasteiger partial charge >= 0.3 is 0 Å². The summed E-state index contributed by atoms with van der Waals surface area (Å²) in [6.45, 7) is 2.54. The predicted molar refractivity (Wildman–Crippen MR) is 85.2 cm³/mol. The zero-order chi connectivity index (χ0) is 15.2. The molecule has 2 N–H and O–H groups in total. The molecule has 0 aliphatic carbocycles. The fourth-order valence-corrected chi connectivity index (χ4v) is 2.86. The Kier molecular flexibility index (Phi) is 5.61. The highest BCUT2D eigenvalue weighted by Crippen LogP contribution is 2.29. The highest BCUT2D eigenvalue weighted by atomic mass is 32.1. The molecule has 0 saturated carbocycles. The summed E-state index contributed by atoms with van der Waals surface area (Å²) in [5.74, 6) is 1.54. The maximum Gasteiger partial charge on any atom is 0.127 e. The molecule has 1 aromatic carbocycles. The van der Waals surface area contributed by atoms with Crippen LogP contribution in [0.4, 0.5) is 0 Å². The molecule has 4 nitrogen and oxygen atoms in total. The number of benzene rings is 1. The quantitative estimate of drug-likeness (QED) is 0.825. The molecule has 0 radical (unpaired) electrons. The van der Waals surface area contributed by atoms with E-state index in [1.54, 1.807) is 25.6 Å². The van der Waals surface area contributed by atoms with Crippen molar-refractivity contribution in [1.82, 2.24) is 5.32 Å². The van der Waals surface area contributed by atoms with Crippen LogP contribution in [-0.4, -0.2) is 25.9 Å². The van der Waals surface area contributed by atoms with E-state index in [0.29, 0.717) is 6.54 Å². The van der Waals surface area contributed by atoms with Crippen LogP contribution in [0.2, 0.25) is 0 Å². The lowest BCUT2D eigenvalue weighted by Crippen LogP contribution is -2.24. The van der Waals surface area contributed by atoms with E-state index < -0.39 is 6.10 Å². The summed E-state index contributed by atoms with van der Waals surface area (Å²) in [5, 5.41) is 17.4. The number of methoxy groups -OCH3 is 2. The number of aliphatic hydroxyl groups is 1. The van der Waals surface area contributed by atoms with Gasteiger partial charge in [0.15, 0.2) is 0 Å². The summed E-state index contributed by atoms with van der Waals surface area (Å²) in [6, 6.07) is 7.76. The summed E-state index contributed by atoms with van der Waals surface area (Å²) in [7, 11) is 3.28. The summed E-state index contributed by atoms with van der Waals surface area (Å²) in [6.07, 6.45) is -0.497. The van der Waals surface area contributed by atoms with E-state index in [-0.39, 0.29) is 6.04 Å². The first-order valence-electron chi connectivity index (χ1n) is 6.81. The Morgan fingerprint density at radius 1 is 1.24 bits per heavy atom. The minimum absolute atomic E-state index is 0.0686. The van der Waals surface area contributed by atoms with Crippen molar-refractivity contribution >= 4 is 11.3 Å². The molecular formula is C16H21NO3S. The SMILES string of the molecule is COc1ccc(C(C)NCC(O)c2ccsc2)c(OC)c1. The third-order valence-corrected chi connectivity index (χ3v) is 4.15. The van der Waals surface area contributed by atoms with Crippen molar-refractivity contribution in [2.45, 2.75) is 19.1 Å². The van der Waals surface area contributed by atoms with Crippen LogP contribution in [0.3, 0.4) is 0 Å². The van der Waals surface area contributed by atoms with Gasteiger partial charge in [0.2, 0.25) is 0 Å². The van der Waals surface area contributed by atoms with Crippen LogP contribution in [0.25, 0.3) is 0 Å². The predicted octanol–water partition coefficient (Wildman–Crippen LogP) is 3.15. The molecule has 0 amide bonds. The lowest BCUT2D eigenvalue weighted by Gasteiger charge is -2.19. The maximum absolute atomic E-state index is 10.1. The minimum Gasteiger partial charge on any atom is -0.497 e. The van der Waals surface area contributed by atoms with Crippen molar-refractivity contribution < 1.29 is 14.6 Å². The van der Waals surface area contributed by atoms with Crippen LogP contribution in [0.1, 0.15) is 30.2 Å². The third-order valence-electron chi connectivity index (χ3n) is 3.45. The Morgan fingerprint density at radius 2 is 2.05 bits per heavy atom. The molecule has 5 heteroatoms. The Morgan fingerprint density at radius 3 is 2.67 bits per heavy atom. The molecule has 0 spiro atoms. The first kappa shape index (κ1) is 15.8. The summed E-state index contributed by atoms with van der Waals surface area (Å²) in [4.78, 5) is 0. The number of nitrogens with one attached hydrogen (secondary N) is 1. The minimum atomic E-state index is -0.497. The molecule has 114 valence electrons. The molecule has 0 aliphatic heterocycles. The molecule has 2 unspecified atom stereocenters. The lowest BCUT2D eigenvalue weighted by molar-refractivity contribution is 0.171. The second-order valence-corrected chi connectivity index (χ2v) is 5.59. The van der Waals surface area contributed by atoms with Gasteiger partial charge in [-0.2, -0.15) is 11.3 Å². The molecule has 2 atom stereocenters. The monoisotopic (exact) mass is 307 g/mol. The van der Waals surface area contributed by atoms with Gasteiger partial charge in [0.25, 0.3) is 0 Å². The van der Waals surface area contributed by atoms with E-state index in [1.807, 2.05) is 41.9 Å². The van der Waals surface area contributed by atoms with Crippen LogP contribution in [0, 0.1) is 0 Å². The summed E-state index contributed by atoms with van der Waals surface area (Å²) >= 11 is 1.59. The number of hydrogen-bond donors (Lipinski definition) is 2. The molecule has 0 aliphatic rings. The Labute approximate surface area is 129 Å². The normalized spacial score (nSPS) is 13.7. The Balaban J connectivity index is 2.01. The molecule has 2 aromatic rings. The van der Waals surface area contributed by atoms with E-state index in [9.17, 15) is 5.11 Å². The van der Waals surface area contributed by atoms with Crippen molar-refractivity contribution in [2.24, 2.45) is 0 Å². The van der Waals surface area contributed by atoms with Gasteiger partial charge in [-0.3, -0.25) is 0 Å². The van der Waals surface area contributed by atoms with Gasteiger partial charge in [0, 0.05) is 24.2 Å². The van der Waals surface area contributed by atoms with Crippen molar-refractivity contribution in [3.63, 3.8) is 0 Å². The second-order valence-electron chi connectivity index (χ2n) is 4.81. The van der Waals surface area contributed by atoms with Gasteiger partial charge < -0.3 is 19.9 Å². The van der Waals surface area contributed by atoms with Crippen LogP contribution >= 0.6 is 11.3 Å². The summed E-state index contributed by atoms with van der Waals surface area (Å²) in [5.41, 5.74) is 1.98. The molecular weight excluding hydrogens is 286 g/mol. The van der Waals surface area contributed by atoms with Crippen LogP contribution in [-0.2, 0) is 0 Å². The Bertz CT molecular complexity index is 557.